The molecule has 29 heavy (non-hydrogen) atoms. The average molecular weight is 419 g/mol. The molecule has 1 aliphatic heterocycles. The number of methoxy groups -OCH3 is 1. The van der Waals surface area contributed by atoms with Crippen molar-refractivity contribution < 1.29 is 23.3 Å². The SMILES string of the molecule is COc1ccc(F)cc1C[NH+]1CC[NH+](Cc2nnc(-c3ccc(Cl)cc3)o2)CC1. The molecule has 1 aliphatic rings. The topological polar surface area (TPSA) is 57.0 Å². The van der Waals surface area contributed by atoms with Crippen molar-refractivity contribution in [1.29, 1.82) is 0 Å². The van der Waals surface area contributed by atoms with Gasteiger partial charge in [-0.1, -0.05) is 11.6 Å². The van der Waals surface area contributed by atoms with E-state index in [-0.39, 0.29) is 5.82 Å². The van der Waals surface area contributed by atoms with Crippen molar-refractivity contribution in [2.24, 2.45) is 0 Å². The van der Waals surface area contributed by atoms with Crippen molar-refractivity contribution >= 4 is 11.6 Å². The van der Waals surface area contributed by atoms with Crippen molar-refractivity contribution in [3.05, 3.63) is 64.8 Å². The number of rotatable bonds is 6. The van der Waals surface area contributed by atoms with Gasteiger partial charge < -0.3 is 19.0 Å². The zero-order valence-corrected chi connectivity index (χ0v) is 17.0. The van der Waals surface area contributed by atoms with Gasteiger partial charge in [-0.25, -0.2) is 4.39 Å². The van der Waals surface area contributed by atoms with Gasteiger partial charge in [0.1, 0.15) is 44.3 Å². The second-order valence-electron chi connectivity index (χ2n) is 7.32. The summed E-state index contributed by atoms with van der Waals surface area (Å²) in [6.45, 7) is 5.43. The van der Waals surface area contributed by atoms with Crippen LogP contribution in [0.3, 0.4) is 0 Å². The first kappa shape index (κ1) is 19.8. The molecule has 0 spiro atoms. The third-order valence-corrected chi connectivity index (χ3v) is 5.56. The molecule has 1 fully saturated rings. The van der Waals surface area contributed by atoms with Gasteiger partial charge >= 0.3 is 0 Å². The monoisotopic (exact) mass is 418 g/mol. The summed E-state index contributed by atoms with van der Waals surface area (Å²) in [5, 5.41) is 9.02. The molecule has 2 heterocycles. The maximum atomic E-state index is 13.6. The number of nitrogens with one attached hydrogen (secondary N) is 2. The maximum absolute atomic E-state index is 13.6. The highest BCUT2D eigenvalue weighted by Gasteiger charge is 2.26. The average Bonchev–Trinajstić information content (AvgIpc) is 3.19. The van der Waals surface area contributed by atoms with Crippen LogP contribution in [-0.2, 0) is 13.1 Å². The zero-order valence-electron chi connectivity index (χ0n) is 16.3. The number of hydrogen-bond donors (Lipinski definition) is 2. The second kappa shape index (κ2) is 8.90. The van der Waals surface area contributed by atoms with Crippen molar-refractivity contribution in [1.82, 2.24) is 10.2 Å². The number of benzene rings is 2. The Kier molecular flexibility index (Phi) is 6.08. The molecule has 1 aromatic heterocycles. The summed E-state index contributed by atoms with van der Waals surface area (Å²) in [7, 11) is 1.62. The highest BCUT2D eigenvalue weighted by molar-refractivity contribution is 6.30. The van der Waals surface area contributed by atoms with Crippen LogP contribution in [0.4, 0.5) is 4.39 Å². The van der Waals surface area contributed by atoms with Crippen LogP contribution >= 0.6 is 11.6 Å². The maximum Gasteiger partial charge on any atom is 0.271 e. The number of nitrogens with zero attached hydrogens (tertiary/aromatic N) is 2. The first-order chi connectivity index (χ1) is 14.1. The molecular weight excluding hydrogens is 395 g/mol. The minimum atomic E-state index is -0.225. The van der Waals surface area contributed by atoms with Crippen molar-refractivity contribution in [3.8, 4) is 17.2 Å². The fraction of sp³-hybridized carbons (Fsp3) is 0.333. The predicted octanol–water partition coefficient (Wildman–Crippen LogP) is 1.02. The molecule has 8 heteroatoms. The van der Waals surface area contributed by atoms with Crippen LogP contribution in [0.2, 0.25) is 5.02 Å². The molecule has 4 rings (SSSR count). The summed E-state index contributed by atoms with van der Waals surface area (Å²) in [4.78, 5) is 2.83. The van der Waals surface area contributed by atoms with Gasteiger partial charge in [0.05, 0.1) is 12.7 Å². The van der Waals surface area contributed by atoms with E-state index in [2.05, 4.69) is 10.2 Å². The molecule has 0 atom stereocenters. The van der Waals surface area contributed by atoms with E-state index in [1.165, 1.54) is 15.9 Å². The first-order valence-corrected chi connectivity index (χ1v) is 10.1. The molecule has 2 N–H and O–H groups in total. The smallest absolute Gasteiger partial charge is 0.271 e. The summed E-state index contributed by atoms with van der Waals surface area (Å²) in [5.74, 6) is 1.67. The van der Waals surface area contributed by atoms with Gasteiger partial charge in [0.15, 0.2) is 6.54 Å². The lowest BCUT2D eigenvalue weighted by atomic mass is 10.1. The van der Waals surface area contributed by atoms with Gasteiger partial charge in [-0.2, -0.15) is 0 Å². The van der Waals surface area contributed by atoms with E-state index < -0.39 is 0 Å². The lowest BCUT2D eigenvalue weighted by Crippen LogP contribution is -3.27. The van der Waals surface area contributed by atoms with Crippen LogP contribution in [0.15, 0.2) is 46.9 Å². The van der Waals surface area contributed by atoms with Crippen molar-refractivity contribution in [2.75, 3.05) is 33.3 Å². The van der Waals surface area contributed by atoms with Gasteiger partial charge in [0.2, 0.25) is 5.89 Å². The predicted molar refractivity (Wildman–Crippen MR) is 106 cm³/mol. The Labute approximate surface area is 173 Å². The molecule has 0 radical (unpaired) electrons. The van der Waals surface area contributed by atoms with Crippen LogP contribution in [-0.4, -0.2) is 43.5 Å². The Morgan fingerprint density at radius 2 is 1.69 bits per heavy atom. The molecule has 152 valence electrons. The number of aromatic nitrogens is 2. The van der Waals surface area contributed by atoms with Crippen LogP contribution in [0.25, 0.3) is 11.5 Å². The third kappa shape index (κ3) is 4.93. The molecule has 0 unspecified atom stereocenters. The molecule has 0 amide bonds. The molecule has 0 bridgehead atoms. The molecule has 2 aromatic carbocycles. The summed E-state index contributed by atoms with van der Waals surface area (Å²) < 4.78 is 24.8. The Morgan fingerprint density at radius 1 is 1.00 bits per heavy atom. The molecule has 1 saturated heterocycles. The van der Waals surface area contributed by atoms with Crippen molar-refractivity contribution in [2.45, 2.75) is 13.1 Å². The lowest BCUT2D eigenvalue weighted by molar-refractivity contribution is -1.02. The fourth-order valence-electron chi connectivity index (χ4n) is 3.71. The fourth-order valence-corrected chi connectivity index (χ4v) is 3.84. The number of hydrogen-bond acceptors (Lipinski definition) is 4. The number of piperazine rings is 1. The summed E-state index contributed by atoms with van der Waals surface area (Å²) in [6, 6.07) is 12.1. The Hall–Kier alpha value is -2.48. The van der Waals surface area contributed by atoms with Crippen LogP contribution in [0.1, 0.15) is 11.5 Å². The number of quaternary nitrogens is 2. The Morgan fingerprint density at radius 3 is 2.38 bits per heavy atom. The highest BCUT2D eigenvalue weighted by Crippen LogP contribution is 2.20. The molecule has 3 aromatic rings. The van der Waals surface area contributed by atoms with Gasteiger partial charge in [-0.05, 0) is 42.5 Å². The summed E-state index contributed by atoms with van der Waals surface area (Å²) >= 11 is 5.92. The molecular formula is C21H24ClFN4O2+2. The van der Waals surface area contributed by atoms with Crippen LogP contribution in [0.5, 0.6) is 5.75 Å². The van der Waals surface area contributed by atoms with E-state index in [1.54, 1.807) is 19.2 Å². The minimum Gasteiger partial charge on any atom is -0.496 e. The van der Waals surface area contributed by atoms with E-state index >= 15 is 0 Å². The van der Waals surface area contributed by atoms with E-state index in [0.717, 1.165) is 49.6 Å². The van der Waals surface area contributed by atoms with E-state index in [9.17, 15) is 4.39 Å². The summed E-state index contributed by atoms with van der Waals surface area (Å²) in [5.41, 5.74) is 1.77. The minimum absolute atomic E-state index is 0.225. The largest absolute Gasteiger partial charge is 0.496 e. The quantitative estimate of drug-likeness (QED) is 0.627. The number of ether oxygens (including phenoxy) is 1. The second-order valence-corrected chi connectivity index (χ2v) is 7.75. The zero-order chi connectivity index (χ0) is 20.2. The Balaban J connectivity index is 1.31. The van der Waals surface area contributed by atoms with Crippen LogP contribution in [0, 0.1) is 5.82 Å². The van der Waals surface area contributed by atoms with E-state index in [0.29, 0.717) is 23.3 Å². The van der Waals surface area contributed by atoms with Gasteiger partial charge in [-0.15, -0.1) is 10.2 Å². The van der Waals surface area contributed by atoms with Gasteiger partial charge in [-0.3, -0.25) is 0 Å². The first-order valence-electron chi connectivity index (χ1n) is 9.68. The molecule has 0 aliphatic carbocycles. The van der Waals surface area contributed by atoms with E-state index in [4.69, 9.17) is 20.8 Å². The lowest BCUT2D eigenvalue weighted by Gasteiger charge is -2.29. The summed E-state index contributed by atoms with van der Waals surface area (Å²) in [6.07, 6.45) is 0. The number of halogens is 2. The molecule has 6 nitrogen and oxygen atoms in total. The normalized spacial score (nSPS) is 19.3. The molecule has 0 saturated carbocycles. The third-order valence-electron chi connectivity index (χ3n) is 5.31. The van der Waals surface area contributed by atoms with Gasteiger partial charge in [0, 0.05) is 10.6 Å². The van der Waals surface area contributed by atoms with Gasteiger partial charge in [0.25, 0.3) is 5.89 Å². The van der Waals surface area contributed by atoms with E-state index in [1.807, 2.05) is 24.3 Å². The van der Waals surface area contributed by atoms with Crippen LogP contribution < -0.4 is 14.5 Å². The van der Waals surface area contributed by atoms with Crippen molar-refractivity contribution in [3.63, 3.8) is 0 Å². The Bertz CT molecular complexity index is 956. The highest BCUT2D eigenvalue weighted by atomic mass is 35.5. The standard InChI is InChI=1S/C21H22ClFN4O2/c1-28-19-7-6-18(23)12-16(19)13-26-8-10-27(11-9-26)14-20-24-25-21(29-20)15-2-4-17(22)5-3-15/h2-7,12H,8-11,13-14H2,1H3/p+2.